The van der Waals surface area contributed by atoms with E-state index in [0.29, 0.717) is 11.8 Å². The monoisotopic (exact) mass is 326 g/mol. The Labute approximate surface area is 139 Å². The van der Waals surface area contributed by atoms with E-state index >= 15 is 0 Å². The van der Waals surface area contributed by atoms with Crippen molar-refractivity contribution in [2.75, 3.05) is 11.9 Å². The summed E-state index contributed by atoms with van der Waals surface area (Å²) < 4.78 is 0. The number of hydrogen-bond donors (Lipinski definition) is 1. The molecule has 0 radical (unpaired) electrons. The summed E-state index contributed by atoms with van der Waals surface area (Å²) in [6, 6.07) is 13.1. The number of urea groups is 1. The fourth-order valence-corrected chi connectivity index (χ4v) is 3.16. The number of nitrogens with zero attached hydrogens (tertiary/aromatic N) is 3. The Kier molecular flexibility index (Phi) is 4.92. The lowest BCUT2D eigenvalue weighted by Gasteiger charge is -2.22. The smallest absolute Gasteiger partial charge is 0.307 e. The highest BCUT2D eigenvalue weighted by atomic mass is 32.2. The number of hydrogen-bond acceptors (Lipinski definition) is 4. The third-order valence-corrected chi connectivity index (χ3v) is 4.47. The van der Waals surface area contributed by atoms with E-state index in [2.05, 4.69) is 22.2 Å². The highest BCUT2D eigenvalue weighted by molar-refractivity contribution is 8.14. The molecular weight excluding hydrogens is 308 g/mol. The average molecular weight is 326 g/mol. The number of amides is 2. The minimum atomic E-state index is -0.180. The largest absolute Gasteiger partial charge is 0.328 e. The molecule has 3 rings (SSSR count). The zero-order valence-electron chi connectivity index (χ0n) is 12.8. The molecule has 1 aliphatic rings. The second-order valence-electron chi connectivity index (χ2n) is 5.30. The number of pyridine rings is 1. The number of thioether (sulfide) groups is 1. The number of carbonyl (C=O) groups is 1. The Morgan fingerprint density at radius 2 is 2.13 bits per heavy atom. The van der Waals surface area contributed by atoms with Gasteiger partial charge in [-0.25, -0.2) is 4.79 Å². The topological polar surface area (TPSA) is 57.6 Å². The van der Waals surface area contributed by atoms with Crippen LogP contribution in [0.1, 0.15) is 12.5 Å². The Morgan fingerprint density at radius 3 is 2.78 bits per heavy atom. The highest BCUT2D eigenvalue weighted by Crippen LogP contribution is 2.24. The number of anilines is 1. The summed E-state index contributed by atoms with van der Waals surface area (Å²) in [5.41, 5.74) is 1.74. The molecule has 0 spiro atoms. The van der Waals surface area contributed by atoms with E-state index in [9.17, 15) is 4.79 Å². The SMILES string of the molecule is C[C@@H]1CN=C(N(Cc2cccnc2)C(=O)Nc2ccccc2)S1. The van der Waals surface area contributed by atoms with Gasteiger partial charge < -0.3 is 5.32 Å². The van der Waals surface area contributed by atoms with Crippen molar-refractivity contribution in [3.8, 4) is 0 Å². The number of aliphatic imine (C=N–C) groups is 1. The van der Waals surface area contributed by atoms with Gasteiger partial charge in [0.1, 0.15) is 0 Å². The summed E-state index contributed by atoms with van der Waals surface area (Å²) in [6.07, 6.45) is 3.49. The molecule has 2 aromatic rings. The molecule has 1 aromatic heterocycles. The lowest BCUT2D eigenvalue weighted by molar-refractivity contribution is 0.233. The van der Waals surface area contributed by atoms with E-state index in [-0.39, 0.29) is 6.03 Å². The van der Waals surface area contributed by atoms with Gasteiger partial charge in [-0.1, -0.05) is 43.0 Å². The van der Waals surface area contributed by atoms with Gasteiger partial charge in [-0.05, 0) is 23.8 Å². The Morgan fingerprint density at radius 1 is 1.30 bits per heavy atom. The highest BCUT2D eigenvalue weighted by Gasteiger charge is 2.26. The van der Waals surface area contributed by atoms with Crippen molar-refractivity contribution >= 4 is 28.6 Å². The third kappa shape index (κ3) is 4.10. The molecule has 23 heavy (non-hydrogen) atoms. The first-order chi connectivity index (χ1) is 11.2. The zero-order valence-corrected chi connectivity index (χ0v) is 13.7. The van der Waals surface area contributed by atoms with E-state index in [0.717, 1.165) is 23.0 Å². The summed E-state index contributed by atoms with van der Waals surface area (Å²) in [4.78, 5) is 23.0. The molecule has 1 aliphatic heterocycles. The second-order valence-corrected chi connectivity index (χ2v) is 6.70. The minimum Gasteiger partial charge on any atom is -0.307 e. The summed E-state index contributed by atoms with van der Waals surface area (Å²) >= 11 is 1.63. The molecule has 0 saturated carbocycles. The molecule has 1 aromatic carbocycles. The van der Waals surface area contributed by atoms with Gasteiger partial charge in [0.05, 0.1) is 13.1 Å². The molecule has 6 heteroatoms. The third-order valence-electron chi connectivity index (χ3n) is 3.35. The maximum atomic E-state index is 12.7. The number of nitrogens with one attached hydrogen (secondary N) is 1. The molecule has 2 heterocycles. The number of carbonyl (C=O) groups excluding carboxylic acids is 1. The van der Waals surface area contributed by atoms with Crippen LogP contribution in [0.5, 0.6) is 0 Å². The molecule has 0 fully saturated rings. The van der Waals surface area contributed by atoms with Crippen molar-refractivity contribution in [3.63, 3.8) is 0 Å². The number of rotatable bonds is 3. The molecule has 2 amide bonds. The average Bonchev–Trinajstić information content (AvgIpc) is 3.00. The standard InChI is InChI=1S/C17H18N4OS/c1-13-10-19-17(23-13)21(12-14-6-5-9-18-11-14)16(22)20-15-7-3-2-4-8-15/h2-9,11,13H,10,12H2,1H3,(H,20,22)/t13-/m1/s1. The van der Waals surface area contributed by atoms with Gasteiger partial charge in [0.15, 0.2) is 5.17 Å². The van der Waals surface area contributed by atoms with E-state index in [4.69, 9.17) is 0 Å². The summed E-state index contributed by atoms with van der Waals surface area (Å²) in [5, 5.41) is 4.08. The first-order valence-electron chi connectivity index (χ1n) is 7.46. The Balaban J connectivity index is 1.78. The van der Waals surface area contributed by atoms with Gasteiger partial charge in [0, 0.05) is 23.3 Å². The van der Waals surface area contributed by atoms with Gasteiger partial charge >= 0.3 is 6.03 Å². The minimum absolute atomic E-state index is 0.180. The first kappa shape index (κ1) is 15.6. The predicted molar refractivity (Wildman–Crippen MR) is 94.6 cm³/mol. The summed E-state index contributed by atoms with van der Waals surface area (Å²) in [5.74, 6) is 0. The van der Waals surface area contributed by atoms with Crippen LogP contribution in [0.3, 0.4) is 0 Å². The quantitative estimate of drug-likeness (QED) is 0.937. The first-order valence-corrected chi connectivity index (χ1v) is 8.34. The molecular formula is C17H18N4OS. The number of aromatic nitrogens is 1. The van der Waals surface area contributed by atoms with Crippen molar-refractivity contribution in [2.24, 2.45) is 4.99 Å². The van der Waals surface area contributed by atoms with E-state index in [1.165, 1.54) is 0 Å². The van der Waals surface area contributed by atoms with Crippen LogP contribution in [0.15, 0.2) is 59.9 Å². The molecule has 0 aliphatic carbocycles. The second kappa shape index (κ2) is 7.28. The van der Waals surface area contributed by atoms with Crippen LogP contribution in [-0.2, 0) is 6.54 Å². The zero-order chi connectivity index (χ0) is 16.1. The van der Waals surface area contributed by atoms with Gasteiger partial charge in [0.25, 0.3) is 0 Å². The normalized spacial score (nSPS) is 16.7. The summed E-state index contributed by atoms with van der Waals surface area (Å²) in [7, 11) is 0. The van der Waals surface area contributed by atoms with Crippen LogP contribution in [0.25, 0.3) is 0 Å². The fraction of sp³-hybridized carbons (Fsp3) is 0.235. The van der Waals surface area contributed by atoms with Crippen molar-refractivity contribution in [1.29, 1.82) is 0 Å². The van der Waals surface area contributed by atoms with E-state index < -0.39 is 0 Å². The number of para-hydroxylation sites is 1. The molecule has 5 nitrogen and oxygen atoms in total. The van der Waals surface area contributed by atoms with Crippen LogP contribution >= 0.6 is 11.8 Å². The summed E-state index contributed by atoms with van der Waals surface area (Å²) in [6.45, 7) is 3.30. The van der Waals surface area contributed by atoms with Gasteiger partial charge in [-0.2, -0.15) is 0 Å². The number of amidine groups is 1. The van der Waals surface area contributed by atoms with Crippen molar-refractivity contribution in [1.82, 2.24) is 9.88 Å². The van der Waals surface area contributed by atoms with Gasteiger partial charge in [-0.3, -0.25) is 14.9 Å². The molecule has 0 unspecified atom stereocenters. The van der Waals surface area contributed by atoms with Crippen molar-refractivity contribution in [2.45, 2.75) is 18.7 Å². The Bertz CT molecular complexity index is 690. The van der Waals surface area contributed by atoms with Crippen LogP contribution in [-0.4, -0.2) is 32.9 Å². The fourth-order valence-electron chi connectivity index (χ4n) is 2.22. The lowest BCUT2D eigenvalue weighted by atomic mass is 10.3. The predicted octanol–water partition coefficient (Wildman–Crippen LogP) is 3.61. The lowest BCUT2D eigenvalue weighted by Crippen LogP contribution is -2.37. The molecule has 0 bridgehead atoms. The molecule has 1 atom stereocenters. The van der Waals surface area contributed by atoms with Crippen LogP contribution in [0.2, 0.25) is 0 Å². The molecule has 0 saturated heterocycles. The molecule has 1 N–H and O–H groups in total. The molecule has 118 valence electrons. The maximum absolute atomic E-state index is 12.7. The Hall–Kier alpha value is -2.34. The van der Waals surface area contributed by atoms with Gasteiger partial charge in [-0.15, -0.1) is 0 Å². The van der Waals surface area contributed by atoms with Crippen LogP contribution in [0.4, 0.5) is 10.5 Å². The van der Waals surface area contributed by atoms with Gasteiger partial charge in [0.2, 0.25) is 0 Å². The van der Waals surface area contributed by atoms with Crippen LogP contribution < -0.4 is 5.32 Å². The van der Waals surface area contributed by atoms with E-state index in [1.54, 1.807) is 29.1 Å². The van der Waals surface area contributed by atoms with Crippen molar-refractivity contribution in [3.05, 3.63) is 60.4 Å². The van der Waals surface area contributed by atoms with Crippen LogP contribution in [0, 0.1) is 0 Å². The maximum Gasteiger partial charge on any atom is 0.328 e. The van der Waals surface area contributed by atoms with Crippen molar-refractivity contribution < 1.29 is 4.79 Å². The van der Waals surface area contributed by atoms with E-state index in [1.807, 2.05) is 42.5 Å². The number of benzene rings is 1.